The second-order valence-corrected chi connectivity index (χ2v) is 4.86. The number of para-hydroxylation sites is 1. The largest absolute Gasteiger partial charge is 0.486 e. The molecule has 0 amide bonds. The minimum atomic E-state index is 0.102. The Morgan fingerprint density at radius 3 is 2.78 bits per heavy atom. The predicted molar refractivity (Wildman–Crippen MR) is 70.0 cm³/mol. The Labute approximate surface area is 108 Å². The lowest BCUT2D eigenvalue weighted by Crippen LogP contribution is -2.36. The quantitative estimate of drug-likeness (QED) is 0.834. The van der Waals surface area contributed by atoms with Crippen molar-refractivity contribution in [1.29, 1.82) is 0 Å². The van der Waals surface area contributed by atoms with Crippen molar-refractivity contribution in [3.63, 3.8) is 0 Å². The highest BCUT2D eigenvalue weighted by Gasteiger charge is 2.17. The number of fused-ring (bicyclic) bond motifs is 1. The topological polar surface area (TPSA) is 50.7 Å². The van der Waals surface area contributed by atoms with Gasteiger partial charge < -0.3 is 19.9 Å². The van der Waals surface area contributed by atoms with Crippen molar-refractivity contribution in [1.82, 2.24) is 5.32 Å². The molecule has 1 aliphatic rings. The maximum atomic E-state index is 9.29. The Bertz CT molecular complexity index is 393. The summed E-state index contributed by atoms with van der Waals surface area (Å²) in [6, 6.07) is 6.01. The Kier molecular flexibility index (Phi) is 4.44. The van der Waals surface area contributed by atoms with Gasteiger partial charge in [0.1, 0.15) is 13.2 Å². The third-order valence-electron chi connectivity index (χ3n) is 3.20. The van der Waals surface area contributed by atoms with Crippen LogP contribution in [0.15, 0.2) is 18.2 Å². The molecule has 2 N–H and O–H groups in total. The van der Waals surface area contributed by atoms with Crippen LogP contribution in [0.25, 0.3) is 0 Å². The number of aliphatic hydroxyl groups is 1. The van der Waals surface area contributed by atoms with Gasteiger partial charge in [0.2, 0.25) is 0 Å². The lowest BCUT2D eigenvalue weighted by Gasteiger charge is -2.23. The Balaban J connectivity index is 2.05. The molecule has 1 aromatic carbocycles. The van der Waals surface area contributed by atoms with Gasteiger partial charge in [-0.05, 0) is 12.0 Å². The molecule has 0 radical (unpaired) electrons. The molecular formula is C14H21NO3. The molecule has 1 heterocycles. The number of ether oxygens (including phenoxy) is 2. The normalized spacial score (nSPS) is 15.8. The van der Waals surface area contributed by atoms with Crippen molar-refractivity contribution >= 4 is 0 Å². The van der Waals surface area contributed by atoms with E-state index in [-0.39, 0.29) is 12.6 Å². The van der Waals surface area contributed by atoms with E-state index < -0.39 is 0 Å². The van der Waals surface area contributed by atoms with E-state index in [9.17, 15) is 5.11 Å². The second kappa shape index (κ2) is 6.07. The summed E-state index contributed by atoms with van der Waals surface area (Å²) < 4.78 is 11.2. The smallest absolute Gasteiger partial charge is 0.165 e. The number of aliphatic hydroxyl groups excluding tert-OH is 1. The van der Waals surface area contributed by atoms with Crippen molar-refractivity contribution in [2.24, 2.45) is 5.92 Å². The maximum Gasteiger partial charge on any atom is 0.165 e. The van der Waals surface area contributed by atoms with Crippen LogP contribution in [0.3, 0.4) is 0 Å². The second-order valence-electron chi connectivity index (χ2n) is 4.86. The number of hydrogen-bond acceptors (Lipinski definition) is 4. The molecule has 0 aromatic heterocycles. The fraction of sp³-hybridized carbons (Fsp3) is 0.571. The summed E-state index contributed by atoms with van der Waals surface area (Å²) >= 11 is 0. The first-order chi connectivity index (χ1) is 8.72. The highest BCUT2D eigenvalue weighted by Crippen LogP contribution is 2.33. The molecular weight excluding hydrogens is 230 g/mol. The van der Waals surface area contributed by atoms with Crippen LogP contribution in [0.5, 0.6) is 11.5 Å². The van der Waals surface area contributed by atoms with Gasteiger partial charge in [0.05, 0.1) is 6.61 Å². The van der Waals surface area contributed by atoms with Gasteiger partial charge in [0, 0.05) is 18.2 Å². The zero-order chi connectivity index (χ0) is 13.0. The van der Waals surface area contributed by atoms with Gasteiger partial charge in [-0.2, -0.15) is 0 Å². The van der Waals surface area contributed by atoms with E-state index in [1.165, 1.54) is 0 Å². The van der Waals surface area contributed by atoms with Gasteiger partial charge in [0.25, 0.3) is 0 Å². The SMILES string of the molecule is CC(C)[C@@H](CO)NCc1cccc2c1OCCO2. The van der Waals surface area contributed by atoms with Gasteiger partial charge in [-0.15, -0.1) is 0 Å². The number of nitrogens with one attached hydrogen (secondary N) is 1. The Hall–Kier alpha value is -1.26. The first-order valence-electron chi connectivity index (χ1n) is 6.44. The van der Waals surface area contributed by atoms with E-state index >= 15 is 0 Å². The van der Waals surface area contributed by atoms with Gasteiger partial charge in [-0.25, -0.2) is 0 Å². The fourth-order valence-corrected chi connectivity index (χ4v) is 2.03. The van der Waals surface area contributed by atoms with E-state index in [2.05, 4.69) is 19.2 Å². The lowest BCUT2D eigenvalue weighted by atomic mass is 10.0. The molecule has 1 aliphatic heterocycles. The third kappa shape index (κ3) is 2.94. The van der Waals surface area contributed by atoms with Crippen molar-refractivity contribution in [3.8, 4) is 11.5 Å². The van der Waals surface area contributed by atoms with E-state index in [0.717, 1.165) is 17.1 Å². The number of hydrogen-bond donors (Lipinski definition) is 2. The predicted octanol–water partition coefficient (Wildman–Crippen LogP) is 1.56. The average molecular weight is 251 g/mol. The molecule has 0 aliphatic carbocycles. The molecule has 4 nitrogen and oxygen atoms in total. The summed E-state index contributed by atoms with van der Waals surface area (Å²) in [5.74, 6) is 2.04. The van der Waals surface area contributed by atoms with Crippen LogP contribution in [-0.4, -0.2) is 31.0 Å². The molecule has 0 unspecified atom stereocenters. The zero-order valence-electron chi connectivity index (χ0n) is 11.0. The molecule has 0 fully saturated rings. The molecule has 1 atom stereocenters. The molecule has 2 rings (SSSR count). The summed E-state index contributed by atoms with van der Waals surface area (Å²) in [6.07, 6.45) is 0. The van der Waals surface area contributed by atoms with Crippen LogP contribution in [0, 0.1) is 5.92 Å². The van der Waals surface area contributed by atoms with E-state index in [4.69, 9.17) is 9.47 Å². The molecule has 18 heavy (non-hydrogen) atoms. The van der Waals surface area contributed by atoms with Gasteiger partial charge >= 0.3 is 0 Å². The van der Waals surface area contributed by atoms with Gasteiger partial charge in [-0.1, -0.05) is 26.0 Å². The average Bonchev–Trinajstić information content (AvgIpc) is 2.39. The molecule has 0 spiro atoms. The summed E-state index contributed by atoms with van der Waals surface area (Å²) in [6.45, 7) is 6.20. The summed E-state index contributed by atoms with van der Waals surface area (Å²) in [7, 11) is 0. The van der Waals surface area contributed by atoms with Crippen molar-refractivity contribution < 1.29 is 14.6 Å². The van der Waals surface area contributed by atoms with Crippen LogP contribution in [-0.2, 0) is 6.54 Å². The molecule has 0 saturated heterocycles. The van der Waals surface area contributed by atoms with Crippen molar-refractivity contribution in [2.75, 3.05) is 19.8 Å². The zero-order valence-corrected chi connectivity index (χ0v) is 11.0. The maximum absolute atomic E-state index is 9.29. The number of benzene rings is 1. The monoisotopic (exact) mass is 251 g/mol. The Morgan fingerprint density at radius 1 is 1.28 bits per heavy atom. The molecule has 100 valence electrons. The van der Waals surface area contributed by atoms with E-state index in [1.807, 2.05) is 18.2 Å². The molecule has 0 saturated carbocycles. The number of rotatable bonds is 5. The summed E-state index contributed by atoms with van der Waals surface area (Å²) in [5, 5.41) is 12.6. The Morgan fingerprint density at radius 2 is 2.06 bits per heavy atom. The van der Waals surface area contributed by atoms with Crippen molar-refractivity contribution in [2.45, 2.75) is 26.4 Å². The minimum absolute atomic E-state index is 0.102. The molecule has 1 aromatic rings. The standard InChI is InChI=1S/C14H21NO3/c1-10(2)12(9-16)15-8-11-4-3-5-13-14(11)18-7-6-17-13/h3-5,10,12,15-16H,6-9H2,1-2H3/t12-/m1/s1. The van der Waals surface area contributed by atoms with Crippen LogP contribution in [0.2, 0.25) is 0 Å². The lowest BCUT2D eigenvalue weighted by molar-refractivity contribution is 0.168. The van der Waals surface area contributed by atoms with Crippen LogP contribution >= 0.6 is 0 Å². The van der Waals surface area contributed by atoms with Gasteiger partial charge in [0.15, 0.2) is 11.5 Å². The van der Waals surface area contributed by atoms with Crippen LogP contribution in [0.1, 0.15) is 19.4 Å². The highest BCUT2D eigenvalue weighted by atomic mass is 16.6. The van der Waals surface area contributed by atoms with Gasteiger partial charge in [-0.3, -0.25) is 0 Å². The highest BCUT2D eigenvalue weighted by molar-refractivity contribution is 5.47. The van der Waals surface area contributed by atoms with Crippen molar-refractivity contribution in [3.05, 3.63) is 23.8 Å². The summed E-state index contributed by atoms with van der Waals surface area (Å²) in [5.41, 5.74) is 1.08. The minimum Gasteiger partial charge on any atom is -0.486 e. The molecule has 4 heteroatoms. The summed E-state index contributed by atoms with van der Waals surface area (Å²) in [4.78, 5) is 0. The first kappa shape index (κ1) is 13.2. The van der Waals surface area contributed by atoms with E-state index in [1.54, 1.807) is 0 Å². The van der Waals surface area contributed by atoms with Crippen LogP contribution < -0.4 is 14.8 Å². The van der Waals surface area contributed by atoms with Crippen LogP contribution in [0.4, 0.5) is 0 Å². The third-order valence-corrected chi connectivity index (χ3v) is 3.20. The fourth-order valence-electron chi connectivity index (χ4n) is 2.03. The first-order valence-corrected chi connectivity index (χ1v) is 6.44. The van der Waals surface area contributed by atoms with E-state index in [0.29, 0.717) is 25.7 Å². The molecule has 0 bridgehead atoms.